The second kappa shape index (κ2) is 6.79. The molecule has 0 bridgehead atoms. The molecular weight excluding hydrogens is 286 g/mol. The number of likely N-dealkylation sites (tertiary alicyclic amines) is 1. The molecule has 6 heteroatoms. The summed E-state index contributed by atoms with van der Waals surface area (Å²) in [5.41, 5.74) is 0.0457. The molecule has 0 spiro atoms. The zero-order chi connectivity index (χ0) is 16.2. The molecule has 6 nitrogen and oxygen atoms in total. The van der Waals surface area contributed by atoms with Crippen LogP contribution >= 0.6 is 0 Å². The maximum Gasteiger partial charge on any atom is 0.313 e. The number of aryl methyl sites for hydroxylation is 1. The zero-order valence-corrected chi connectivity index (χ0v) is 12.9. The van der Waals surface area contributed by atoms with Gasteiger partial charge >= 0.3 is 5.97 Å². The summed E-state index contributed by atoms with van der Waals surface area (Å²) in [6, 6.07) is 7.45. The van der Waals surface area contributed by atoms with E-state index in [-0.39, 0.29) is 25.7 Å². The highest BCUT2D eigenvalue weighted by Crippen LogP contribution is 2.31. The Balaban J connectivity index is 1.92. The number of hydrogen-bond donors (Lipinski definition) is 1. The van der Waals surface area contributed by atoms with Crippen LogP contribution in [-0.2, 0) is 14.3 Å². The van der Waals surface area contributed by atoms with Gasteiger partial charge in [-0.15, -0.1) is 0 Å². The van der Waals surface area contributed by atoms with Crippen LogP contribution < -0.4 is 4.74 Å². The Morgan fingerprint density at radius 3 is 2.82 bits per heavy atom. The van der Waals surface area contributed by atoms with E-state index < -0.39 is 11.4 Å². The number of rotatable bonds is 6. The molecule has 1 fully saturated rings. The van der Waals surface area contributed by atoms with Gasteiger partial charge in [0.2, 0.25) is 0 Å². The van der Waals surface area contributed by atoms with E-state index in [0.717, 1.165) is 5.56 Å². The van der Waals surface area contributed by atoms with Crippen molar-refractivity contribution in [3.05, 3.63) is 29.8 Å². The van der Waals surface area contributed by atoms with Crippen LogP contribution in [0.15, 0.2) is 24.3 Å². The minimum absolute atomic E-state index is 0.0911. The molecule has 1 aromatic carbocycles. The second-order valence-electron chi connectivity index (χ2n) is 5.69. The molecule has 1 saturated heterocycles. The van der Waals surface area contributed by atoms with Gasteiger partial charge in [-0.1, -0.05) is 12.1 Å². The number of aliphatic carboxylic acids is 1. The van der Waals surface area contributed by atoms with Gasteiger partial charge < -0.3 is 19.5 Å². The summed E-state index contributed by atoms with van der Waals surface area (Å²) in [6.07, 6.45) is 0.395. The van der Waals surface area contributed by atoms with E-state index in [4.69, 9.17) is 9.47 Å². The molecule has 1 atom stereocenters. The smallest absolute Gasteiger partial charge is 0.313 e. The van der Waals surface area contributed by atoms with Crippen molar-refractivity contribution in [2.24, 2.45) is 5.41 Å². The average molecular weight is 307 g/mol. The highest BCUT2D eigenvalue weighted by molar-refractivity contribution is 5.81. The number of hydrogen-bond acceptors (Lipinski definition) is 4. The largest absolute Gasteiger partial charge is 0.484 e. The lowest BCUT2D eigenvalue weighted by molar-refractivity contribution is -0.151. The van der Waals surface area contributed by atoms with E-state index in [1.54, 1.807) is 6.07 Å². The summed E-state index contributed by atoms with van der Waals surface area (Å²) in [5.74, 6) is -0.501. The monoisotopic (exact) mass is 307 g/mol. The number of carbonyl (C=O) groups is 2. The van der Waals surface area contributed by atoms with Crippen molar-refractivity contribution >= 4 is 11.9 Å². The van der Waals surface area contributed by atoms with Gasteiger partial charge in [-0.3, -0.25) is 9.59 Å². The van der Waals surface area contributed by atoms with E-state index >= 15 is 0 Å². The van der Waals surface area contributed by atoms with Crippen LogP contribution in [0.5, 0.6) is 5.75 Å². The lowest BCUT2D eigenvalue weighted by Gasteiger charge is -2.23. The third-order valence-electron chi connectivity index (χ3n) is 3.93. The summed E-state index contributed by atoms with van der Waals surface area (Å²) < 4.78 is 10.5. The third kappa shape index (κ3) is 3.57. The van der Waals surface area contributed by atoms with Gasteiger partial charge in [0, 0.05) is 20.2 Å². The van der Waals surface area contributed by atoms with Crippen molar-refractivity contribution in [2.75, 3.05) is 33.4 Å². The van der Waals surface area contributed by atoms with Crippen molar-refractivity contribution in [1.29, 1.82) is 0 Å². The highest BCUT2D eigenvalue weighted by Gasteiger charge is 2.46. The fourth-order valence-corrected chi connectivity index (χ4v) is 2.66. The first-order valence-electron chi connectivity index (χ1n) is 7.16. The standard InChI is InChI=1S/C16H21NO5/c1-12-4-3-5-13(8-12)22-9-14(18)17-7-6-16(10-17,11-21-2)15(19)20/h3-5,8H,6-7,9-11H2,1-2H3,(H,19,20). The quantitative estimate of drug-likeness (QED) is 0.858. The second-order valence-corrected chi connectivity index (χ2v) is 5.69. The summed E-state index contributed by atoms with van der Waals surface area (Å²) in [4.78, 5) is 25.2. The van der Waals surface area contributed by atoms with Crippen molar-refractivity contribution in [3.8, 4) is 5.75 Å². The van der Waals surface area contributed by atoms with E-state index in [2.05, 4.69) is 0 Å². The minimum Gasteiger partial charge on any atom is -0.484 e. The summed E-state index contributed by atoms with van der Waals surface area (Å²) in [6.45, 7) is 2.52. The molecule has 22 heavy (non-hydrogen) atoms. The topological polar surface area (TPSA) is 76.1 Å². The Bertz CT molecular complexity index is 559. The molecule has 0 saturated carbocycles. The van der Waals surface area contributed by atoms with Crippen LogP contribution in [0.1, 0.15) is 12.0 Å². The highest BCUT2D eigenvalue weighted by atomic mass is 16.5. The number of carbonyl (C=O) groups excluding carboxylic acids is 1. The molecule has 1 unspecified atom stereocenters. The SMILES string of the molecule is COCC1(C(=O)O)CCN(C(=O)COc2cccc(C)c2)C1. The first-order chi connectivity index (χ1) is 10.5. The fraction of sp³-hybridized carbons (Fsp3) is 0.500. The molecule has 1 aliphatic rings. The fourth-order valence-electron chi connectivity index (χ4n) is 2.66. The number of methoxy groups -OCH3 is 1. The molecule has 1 N–H and O–H groups in total. The molecule has 0 aromatic heterocycles. The van der Waals surface area contributed by atoms with Crippen LogP contribution in [0.25, 0.3) is 0 Å². The number of nitrogens with zero attached hydrogens (tertiary/aromatic N) is 1. The Labute approximate surface area is 129 Å². The predicted octanol–water partition coefficient (Wildman–Crippen LogP) is 1.32. The number of carboxylic acid groups (broad SMARTS) is 1. The molecule has 1 amide bonds. The van der Waals surface area contributed by atoms with Crippen LogP contribution in [0.3, 0.4) is 0 Å². The Kier molecular flexibility index (Phi) is 5.03. The van der Waals surface area contributed by atoms with Crippen molar-refractivity contribution in [2.45, 2.75) is 13.3 Å². The normalized spacial score (nSPS) is 20.9. The van der Waals surface area contributed by atoms with Crippen molar-refractivity contribution in [3.63, 3.8) is 0 Å². The van der Waals surface area contributed by atoms with E-state index in [0.29, 0.717) is 18.7 Å². The van der Waals surface area contributed by atoms with Gasteiger partial charge in [-0.25, -0.2) is 0 Å². The first kappa shape index (κ1) is 16.3. The predicted molar refractivity (Wildman–Crippen MR) is 79.8 cm³/mol. The van der Waals surface area contributed by atoms with E-state index in [9.17, 15) is 14.7 Å². The van der Waals surface area contributed by atoms with Gasteiger partial charge in [-0.05, 0) is 31.0 Å². The molecule has 1 aromatic rings. The lowest BCUT2D eigenvalue weighted by Crippen LogP contribution is -2.41. The molecule has 2 rings (SSSR count). The molecule has 1 aliphatic heterocycles. The molecule has 1 heterocycles. The van der Waals surface area contributed by atoms with Gasteiger partial charge in [0.1, 0.15) is 11.2 Å². The molecule has 0 aliphatic carbocycles. The van der Waals surface area contributed by atoms with Gasteiger partial charge in [-0.2, -0.15) is 0 Å². The molecule has 120 valence electrons. The maximum atomic E-state index is 12.2. The number of ether oxygens (including phenoxy) is 2. The minimum atomic E-state index is -1.01. The number of amides is 1. The summed E-state index contributed by atoms with van der Waals surface area (Å²) >= 11 is 0. The van der Waals surface area contributed by atoms with Crippen LogP contribution in [0.4, 0.5) is 0 Å². The zero-order valence-electron chi connectivity index (χ0n) is 12.9. The van der Waals surface area contributed by atoms with Crippen LogP contribution in [0, 0.1) is 12.3 Å². The Hall–Kier alpha value is -2.08. The molecule has 0 radical (unpaired) electrons. The third-order valence-corrected chi connectivity index (χ3v) is 3.93. The maximum absolute atomic E-state index is 12.2. The number of benzene rings is 1. The van der Waals surface area contributed by atoms with Gasteiger partial charge in [0.05, 0.1) is 6.61 Å². The van der Waals surface area contributed by atoms with Gasteiger partial charge in [0.15, 0.2) is 6.61 Å². The van der Waals surface area contributed by atoms with Crippen molar-refractivity contribution in [1.82, 2.24) is 4.90 Å². The summed E-state index contributed by atoms with van der Waals surface area (Å²) in [7, 11) is 1.47. The van der Waals surface area contributed by atoms with Crippen LogP contribution in [-0.4, -0.2) is 55.3 Å². The lowest BCUT2D eigenvalue weighted by atomic mass is 9.88. The average Bonchev–Trinajstić information content (AvgIpc) is 2.91. The summed E-state index contributed by atoms with van der Waals surface area (Å²) in [5, 5.41) is 9.38. The number of carboxylic acids is 1. The van der Waals surface area contributed by atoms with Crippen LogP contribution in [0.2, 0.25) is 0 Å². The Morgan fingerprint density at radius 2 is 2.18 bits per heavy atom. The van der Waals surface area contributed by atoms with E-state index in [1.165, 1.54) is 12.0 Å². The van der Waals surface area contributed by atoms with Gasteiger partial charge in [0.25, 0.3) is 5.91 Å². The van der Waals surface area contributed by atoms with Crippen molar-refractivity contribution < 1.29 is 24.2 Å². The molecular formula is C16H21NO5. The Morgan fingerprint density at radius 1 is 1.41 bits per heavy atom. The first-order valence-corrected chi connectivity index (χ1v) is 7.16. The van der Waals surface area contributed by atoms with E-state index in [1.807, 2.05) is 25.1 Å².